The van der Waals surface area contributed by atoms with Gasteiger partial charge in [0.05, 0.1) is 10.6 Å². The van der Waals surface area contributed by atoms with Crippen molar-refractivity contribution >= 4 is 23.2 Å². The molecule has 2 aromatic rings. The van der Waals surface area contributed by atoms with Crippen LogP contribution in [0.5, 0.6) is 5.75 Å². The third-order valence-corrected chi connectivity index (χ3v) is 3.13. The minimum atomic E-state index is -4.47. The summed E-state index contributed by atoms with van der Waals surface area (Å²) < 4.78 is 38.2. The predicted molar refractivity (Wildman–Crippen MR) is 79.0 cm³/mol. The third-order valence-electron chi connectivity index (χ3n) is 2.81. The Morgan fingerprint density at radius 1 is 1.14 bits per heavy atom. The van der Waals surface area contributed by atoms with Crippen molar-refractivity contribution in [2.24, 2.45) is 16.5 Å². The first-order chi connectivity index (χ1) is 10.2. The van der Waals surface area contributed by atoms with E-state index in [4.69, 9.17) is 23.1 Å². The summed E-state index contributed by atoms with van der Waals surface area (Å²) in [6.07, 6.45) is -4.47. The quantitative estimate of drug-likeness (QED) is 0.581. The summed E-state index contributed by atoms with van der Waals surface area (Å²) >= 11 is 6.04. The molecule has 0 fully saturated rings. The van der Waals surface area contributed by atoms with Gasteiger partial charge in [0.25, 0.3) is 0 Å². The topological polar surface area (TPSA) is 84.6 Å². The Labute approximate surface area is 128 Å². The number of hydrogen-bond donors (Lipinski definition) is 3. The maximum atomic E-state index is 12.7. The lowest BCUT2D eigenvalue weighted by molar-refractivity contribution is -0.137. The number of benzene rings is 2. The number of alkyl halides is 3. The average Bonchev–Trinajstić information content (AvgIpc) is 2.41. The largest absolute Gasteiger partial charge is 0.506 e. The minimum Gasteiger partial charge on any atom is -0.506 e. The van der Waals surface area contributed by atoms with Crippen molar-refractivity contribution in [2.75, 3.05) is 0 Å². The Morgan fingerprint density at radius 3 is 2.41 bits per heavy atom. The fourth-order valence-electron chi connectivity index (χ4n) is 1.86. The van der Waals surface area contributed by atoms with Crippen molar-refractivity contribution in [3.8, 4) is 16.9 Å². The molecule has 8 heteroatoms. The van der Waals surface area contributed by atoms with Gasteiger partial charge >= 0.3 is 6.18 Å². The predicted octanol–water partition coefficient (Wildman–Crippen LogP) is 3.64. The van der Waals surface area contributed by atoms with Crippen molar-refractivity contribution in [1.82, 2.24) is 0 Å². The number of guanidine groups is 1. The van der Waals surface area contributed by atoms with Crippen LogP contribution in [0.15, 0.2) is 41.4 Å². The van der Waals surface area contributed by atoms with Crippen molar-refractivity contribution in [3.05, 3.63) is 47.0 Å². The molecule has 0 unspecified atom stereocenters. The fourth-order valence-corrected chi connectivity index (χ4v) is 2.13. The molecule has 0 heterocycles. The summed E-state index contributed by atoms with van der Waals surface area (Å²) in [5, 5.41) is 9.96. The molecule has 0 spiro atoms. The van der Waals surface area contributed by atoms with Crippen LogP contribution in [0.4, 0.5) is 18.9 Å². The van der Waals surface area contributed by atoms with Gasteiger partial charge in [-0.25, -0.2) is 4.99 Å². The fraction of sp³-hybridized carbons (Fsp3) is 0.0714. The molecule has 5 N–H and O–H groups in total. The molecular formula is C14H11ClF3N3O. The van der Waals surface area contributed by atoms with Gasteiger partial charge in [0.1, 0.15) is 11.4 Å². The van der Waals surface area contributed by atoms with E-state index in [0.717, 1.165) is 12.1 Å². The molecule has 0 amide bonds. The minimum absolute atomic E-state index is 0.0284. The zero-order chi connectivity index (χ0) is 16.5. The van der Waals surface area contributed by atoms with E-state index in [1.54, 1.807) is 0 Å². The molecule has 22 heavy (non-hydrogen) atoms. The van der Waals surface area contributed by atoms with Crippen LogP contribution in [-0.4, -0.2) is 11.1 Å². The van der Waals surface area contributed by atoms with E-state index in [0.29, 0.717) is 0 Å². The second kappa shape index (κ2) is 5.76. The Balaban J connectivity index is 2.55. The molecular weight excluding hydrogens is 319 g/mol. The van der Waals surface area contributed by atoms with E-state index < -0.39 is 11.7 Å². The third kappa shape index (κ3) is 3.43. The Hall–Kier alpha value is -2.41. The van der Waals surface area contributed by atoms with Crippen LogP contribution < -0.4 is 11.5 Å². The standard InChI is InChI=1S/C14H11ClF3N3O/c15-10-6-11(21-13(19)20)12(22)5-9(10)7-2-1-3-8(4-7)14(16,17)18/h1-6,22H,(H4,19,20,21). The van der Waals surface area contributed by atoms with Crippen LogP contribution >= 0.6 is 11.6 Å². The highest BCUT2D eigenvalue weighted by atomic mass is 35.5. The first-order valence-electron chi connectivity index (χ1n) is 5.98. The summed E-state index contributed by atoms with van der Waals surface area (Å²) in [6.45, 7) is 0. The van der Waals surface area contributed by atoms with E-state index in [-0.39, 0.29) is 33.5 Å². The molecule has 116 valence electrons. The normalized spacial score (nSPS) is 11.3. The van der Waals surface area contributed by atoms with Gasteiger partial charge < -0.3 is 16.6 Å². The van der Waals surface area contributed by atoms with Crippen molar-refractivity contribution in [3.63, 3.8) is 0 Å². The zero-order valence-corrected chi connectivity index (χ0v) is 11.8. The van der Waals surface area contributed by atoms with Gasteiger partial charge in [-0.05, 0) is 29.8 Å². The van der Waals surface area contributed by atoms with Crippen LogP contribution in [0, 0.1) is 0 Å². The van der Waals surface area contributed by atoms with Gasteiger partial charge in [-0.15, -0.1) is 0 Å². The molecule has 0 radical (unpaired) electrons. The van der Waals surface area contributed by atoms with Gasteiger partial charge in [0.15, 0.2) is 5.96 Å². The highest BCUT2D eigenvalue weighted by Crippen LogP contribution is 2.39. The van der Waals surface area contributed by atoms with E-state index in [2.05, 4.69) is 4.99 Å². The number of halogens is 4. The molecule has 0 saturated heterocycles. The highest BCUT2D eigenvalue weighted by molar-refractivity contribution is 6.33. The average molecular weight is 330 g/mol. The summed E-state index contributed by atoms with van der Waals surface area (Å²) in [5.74, 6) is -0.580. The smallest absolute Gasteiger partial charge is 0.416 e. The van der Waals surface area contributed by atoms with Crippen LogP contribution in [0.3, 0.4) is 0 Å². The second-order valence-corrected chi connectivity index (χ2v) is 4.84. The van der Waals surface area contributed by atoms with Gasteiger partial charge in [-0.2, -0.15) is 13.2 Å². The van der Waals surface area contributed by atoms with Gasteiger partial charge in [0, 0.05) is 5.56 Å². The number of hydrogen-bond acceptors (Lipinski definition) is 2. The number of aliphatic imine (C=N–C) groups is 1. The number of aromatic hydroxyl groups is 1. The van der Waals surface area contributed by atoms with E-state index in [1.165, 1.54) is 24.3 Å². The maximum Gasteiger partial charge on any atom is 0.416 e. The van der Waals surface area contributed by atoms with E-state index >= 15 is 0 Å². The highest BCUT2D eigenvalue weighted by Gasteiger charge is 2.30. The molecule has 0 aliphatic carbocycles. The Bertz CT molecular complexity index is 741. The number of nitrogens with zero attached hydrogens (tertiary/aromatic N) is 1. The maximum absolute atomic E-state index is 12.7. The second-order valence-electron chi connectivity index (χ2n) is 4.44. The van der Waals surface area contributed by atoms with E-state index in [9.17, 15) is 18.3 Å². The first-order valence-corrected chi connectivity index (χ1v) is 6.36. The molecule has 0 aromatic heterocycles. The molecule has 4 nitrogen and oxygen atoms in total. The van der Waals surface area contributed by atoms with Crippen LogP contribution in [0.25, 0.3) is 11.1 Å². The van der Waals surface area contributed by atoms with Crippen molar-refractivity contribution < 1.29 is 18.3 Å². The zero-order valence-electron chi connectivity index (χ0n) is 11.0. The van der Waals surface area contributed by atoms with Crippen LogP contribution in [0.1, 0.15) is 5.56 Å². The SMILES string of the molecule is NC(N)=Nc1cc(Cl)c(-c2cccc(C(F)(F)F)c2)cc1O. The molecule has 2 rings (SSSR count). The number of phenolic OH excluding ortho intramolecular Hbond substituents is 1. The van der Waals surface area contributed by atoms with Gasteiger partial charge in [0.2, 0.25) is 0 Å². The Kier molecular flexibility index (Phi) is 4.18. The lowest BCUT2D eigenvalue weighted by Crippen LogP contribution is -2.21. The lowest BCUT2D eigenvalue weighted by Gasteiger charge is -2.11. The summed E-state index contributed by atoms with van der Waals surface area (Å²) in [7, 11) is 0. The summed E-state index contributed by atoms with van der Waals surface area (Å²) in [5.41, 5.74) is 10.1. The van der Waals surface area contributed by atoms with Crippen molar-refractivity contribution in [1.29, 1.82) is 0 Å². The molecule has 0 saturated carbocycles. The summed E-state index contributed by atoms with van der Waals surface area (Å²) in [4.78, 5) is 3.67. The number of rotatable bonds is 2. The number of nitrogens with two attached hydrogens (primary N) is 2. The molecule has 0 atom stereocenters. The van der Waals surface area contributed by atoms with Gasteiger partial charge in [-0.1, -0.05) is 23.7 Å². The molecule has 2 aromatic carbocycles. The van der Waals surface area contributed by atoms with Gasteiger partial charge in [-0.3, -0.25) is 0 Å². The summed E-state index contributed by atoms with van der Waals surface area (Å²) in [6, 6.07) is 7.09. The Morgan fingerprint density at radius 2 is 1.82 bits per heavy atom. The first kappa shape index (κ1) is 16.0. The van der Waals surface area contributed by atoms with Crippen LogP contribution in [-0.2, 0) is 6.18 Å². The molecule has 0 aliphatic rings. The van der Waals surface area contributed by atoms with Crippen molar-refractivity contribution in [2.45, 2.75) is 6.18 Å². The monoisotopic (exact) mass is 329 g/mol. The van der Waals surface area contributed by atoms with E-state index in [1.807, 2.05) is 0 Å². The lowest BCUT2D eigenvalue weighted by atomic mass is 10.0. The van der Waals surface area contributed by atoms with Crippen LogP contribution in [0.2, 0.25) is 5.02 Å². The molecule has 0 bridgehead atoms. The number of phenols is 1. The molecule has 0 aliphatic heterocycles.